The number of halogens is 1. The Morgan fingerprint density at radius 1 is 0.824 bits per heavy atom. The second-order valence-electron chi connectivity index (χ2n) is 8.64. The minimum atomic E-state index is -1.25. The van der Waals surface area contributed by atoms with E-state index in [9.17, 15) is 9.18 Å². The fourth-order valence-electron chi connectivity index (χ4n) is 2.96. The van der Waals surface area contributed by atoms with E-state index in [-0.39, 0.29) is 25.0 Å². The Bertz CT molecular complexity index is 459. The third-order valence-electron chi connectivity index (χ3n) is 5.31. The molecule has 0 saturated carbocycles. The first kappa shape index (κ1) is 33.2. The summed E-state index contributed by atoms with van der Waals surface area (Å²) in [7, 11) is 0. The van der Waals surface area contributed by atoms with Crippen molar-refractivity contribution in [3.05, 3.63) is 0 Å². The molecule has 0 aliphatic rings. The van der Waals surface area contributed by atoms with Gasteiger partial charge < -0.3 is 34.3 Å². The quantitative estimate of drug-likeness (QED) is 0.189. The summed E-state index contributed by atoms with van der Waals surface area (Å²) in [6, 6.07) is 0.592. The van der Waals surface area contributed by atoms with E-state index < -0.39 is 12.3 Å². The summed E-state index contributed by atoms with van der Waals surface area (Å²) in [5, 5.41) is 6.10. The van der Waals surface area contributed by atoms with E-state index in [0.717, 1.165) is 13.0 Å². The Balaban J connectivity index is 3.35. The van der Waals surface area contributed by atoms with Crippen LogP contribution in [0.25, 0.3) is 0 Å². The normalized spacial score (nSPS) is 14.3. The highest BCUT2D eigenvalue weighted by Crippen LogP contribution is 2.04. The molecule has 9 heteroatoms. The number of nitrogens with one attached hydrogen (secondary N) is 2. The van der Waals surface area contributed by atoms with E-state index in [4.69, 9.17) is 23.7 Å². The molecule has 0 saturated heterocycles. The highest BCUT2D eigenvalue weighted by molar-refractivity contribution is 5.77. The SMILES string of the molecule is CCCCC(CC)NCCOCCOCCOCCOCCOC(C)C(F)CNC(=O)C(C)C. The summed E-state index contributed by atoms with van der Waals surface area (Å²) in [5.74, 6) is -0.325. The molecule has 3 unspecified atom stereocenters. The van der Waals surface area contributed by atoms with E-state index in [0.29, 0.717) is 58.9 Å². The molecule has 1 amide bonds. The zero-order chi connectivity index (χ0) is 25.4. The van der Waals surface area contributed by atoms with Crippen molar-refractivity contribution in [1.29, 1.82) is 0 Å². The van der Waals surface area contributed by atoms with Gasteiger partial charge in [-0.1, -0.05) is 40.5 Å². The van der Waals surface area contributed by atoms with Gasteiger partial charge in [-0.05, 0) is 19.8 Å². The standard InChI is InChI=1S/C25H51FN2O6/c1-6-8-9-23(7-2)27-10-11-30-12-13-31-14-15-32-16-17-33-18-19-34-22(5)24(26)20-28-25(29)21(3)4/h21-24,27H,6-20H2,1-5H3,(H,28,29). The lowest BCUT2D eigenvalue weighted by Crippen LogP contribution is -2.38. The van der Waals surface area contributed by atoms with E-state index in [1.165, 1.54) is 19.3 Å². The lowest BCUT2D eigenvalue weighted by molar-refractivity contribution is -0.124. The van der Waals surface area contributed by atoms with Crippen LogP contribution in [-0.2, 0) is 28.5 Å². The molecule has 0 aromatic rings. The fourth-order valence-corrected chi connectivity index (χ4v) is 2.96. The van der Waals surface area contributed by atoms with Gasteiger partial charge in [-0.15, -0.1) is 0 Å². The van der Waals surface area contributed by atoms with E-state index in [2.05, 4.69) is 24.5 Å². The Hall–Kier alpha value is -0.840. The predicted molar refractivity (Wildman–Crippen MR) is 133 cm³/mol. The van der Waals surface area contributed by atoms with Crippen LogP contribution in [0.1, 0.15) is 60.3 Å². The van der Waals surface area contributed by atoms with Crippen LogP contribution >= 0.6 is 0 Å². The van der Waals surface area contributed by atoms with Crippen LogP contribution in [-0.4, -0.2) is 96.8 Å². The van der Waals surface area contributed by atoms with Crippen LogP contribution in [0.4, 0.5) is 4.39 Å². The average molecular weight is 495 g/mol. The summed E-state index contributed by atoms with van der Waals surface area (Å²) >= 11 is 0. The topological polar surface area (TPSA) is 87.3 Å². The predicted octanol–water partition coefficient (Wildman–Crippen LogP) is 3.13. The van der Waals surface area contributed by atoms with Gasteiger partial charge in [0, 0.05) is 18.5 Å². The fraction of sp³-hybridized carbons (Fsp3) is 0.960. The van der Waals surface area contributed by atoms with Gasteiger partial charge in [-0.3, -0.25) is 4.79 Å². The zero-order valence-corrected chi connectivity index (χ0v) is 22.2. The van der Waals surface area contributed by atoms with Gasteiger partial charge in [0.05, 0.1) is 72.1 Å². The van der Waals surface area contributed by atoms with Crippen molar-refractivity contribution < 1.29 is 32.9 Å². The van der Waals surface area contributed by atoms with E-state index in [1.807, 2.05) is 0 Å². The van der Waals surface area contributed by atoms with Crippen LogP contribution in [0.5, 0.6) is 0 Å². The molecule has 0 aliphatic heterocycles. The summed E-state index contributed by atoms with van der Waals surface area (Å²) in [4.78, 5) is 11.5. The molecular formula is C25H51FN2O6. The maximum Gasteiger partial charge on any atom is 0.222 e. The molecule has 0 fully saturated rings. The number of carbonyl (C=O) groups excluding carboxylic acids is 1. The van der Waals surface area contributed by atoms with Crippen LogP contribution < -0.4 is 10.6 Å². The highest BCUT2D eigenvalue weighted by Gasteiger charge is 2.18. The van der Waals surface area contributed by atoms with Crippen LogP contribution in [0.15, 0.2) is 0 Å². The average Bonchev–Trinajstić information content (AvgIpc) is 2.83. The van der Waals surface area contributed by atoms with Gasteiger partial charge in [0.25, 0.3) is 0 Å². The lowest BCUT2D eigenvalue weighted by atomic mass is 10.1. The van der Waals surface area contributed by atoms with Gasteiger partial charge in [-0.25, -0.2) is 4.39 Å². The Labute approximate surface area is 206 Å². The second kappa shape index (κ2) is 23.9. The smallest absolute Gasteiger partial charge is 0.222 e. The zero-order valence-electron chi connectivity index (χ0n) is 22.2. The van der Waals surface area contributed by atoms with Crippen molar-refractivity contribution in [1.82, 2.24) is 10.6 Å². The number of ether oxygens (including phenoxy) is 5. The summed E-state index contributed by atoms with van der Waals surface area (Å²) in [6.07, 6.45) is 3.03. The summed E-state index contributed by atoms with van der Waals surface area (Å²) < 4.78 is 41.3. The van der Waals surface area contributed by atoms with E-state index in [1.54, 1.807) is 20.8 Å². The van der Waals surface area contributed by atoms with Gasteiger partial charge in [-0.2, -0.15) is 0 Å². The van der Waals surface area contributed by atoms with Gasteiger partial charge in [0.1, 0.15) is 6.17 Å². The van der Waals surface area contributed by atoms with Crippen molar-refractivity contribution in [3.63, 3.8) is 0 Å². The first-order valence-electron chi connectivity index (χ1n) is 13.0. The van der Waals surface area contributed by atoms with Gasteiger partial charge in [0.15, 0.2) is 0 Å². The second-order valence-corrected chi connectivity index (χ2v) is 8.64. The van der Waals surface area contributed by atoms with Crippen molar-refractivity contribution >= 4 is 5.91 Å². The molecule has 34 heavy (non-hydrogen) atoms. The molecule has 3 atom stereocenters. The van der Waals surface area contributed by atoms with Gasteiger partial charge >= 0.3 is 0 Å². The number of unbranched alkanes of at least 4 members (excludes halogenated alkanes) is 1. The largest absolute Gasteiger partial charge is 0.378 e. The molecule has 2 N–H and O–H groups in total. The van der Waals surface area contributed by atoms with Gasteiger partial charge in [0.2, 0.25) is 5.91 Å². The molecule has 8 nitrogen and oxygen atoms in total. The van der Waals surface area contributed by atoms with Crippen LogP contribution in [0.3, 0.4) is 0 Å². The van der Waals surface area contributed by atoms with Crippen molar-refractivity contribution in [2.24, 2.45) is 5.92 Å². The van der Waals surface area contributed by atoms with E-state index >= 15 is 0 Å². The first-order valence-corrected chi connectivity index (χ1v) is 13.0. The number of rotatable bonds is 25. The van der Waals surface area contributed by atoms with Crippen LogP contribution in [0.2, 0.25) is 0 Å². The van der Waals surface area contributed by atoms with Crippen molar-refractivity contribution in [2.45, 2.75) is 78.6 Å². The number of hydrogen-bond donors (Lipinski definition) is 2. The lowest BCUT2D eigenvalue weighted by Gasteiger charge is -2.18. The minimum absolute atomic E-state index is 0.0449. The first-order chi connectivity index (χ1) is 16.4. The Morgan fingerprint density at radius 3 is 1.85 bits per heavy atom. The summed E-state index contributed by atoms with van der Waals surface area (Å²) in [6.45, 7) is 14.8. The summed E-state index contributed by atoms with van der Waals surface area (Å²) in [5.41, 5.74) is 0. The monoisotopic (exact) mass is 494 g/mol. The molecule has 0 spiro atoms. The minimum Gasteiger partial charge on any atom is -0.378 e. The van der Waals surface area contributed by atoms with Crippen molar-refractivity contribution in [2.75, 3.05) is 72.6 Å². The molecule has 0 bridgehead atoms. The third kappa shape index (κ3) is 20.5. The number of carbonyl (C=O) groups is 1. The third-order valence-corrected chi connectivity index (χ3v) is 5.31. The Kier molecular flexibility index (Phi) is 23.3. The number of amides is 1. The molecule has 0 rings (SSSR count). The molecule has 0 radical (unpaired) electrons. The number of hydrogen-bond acceptors (Lipinski definition) is 7. The molecule has 0 aromatic heterocycles. The molecule has 0 heterocycles. The van der Waals surface area contributed by atoms with Crippen molar-refractivity contribution in [3.8, 4) is 0 Å². The molecule has 0 aliphatic carbocycles. The molecule has 0 aromatic carbocycles. The maximum absolute atomic E-state index is 14.0. The number of alkyl halides is 1. The maximum atomic E-state index is 14.0. The molecule has 204 valence electrons. The Morgan fingerprint density at radius 2 is 1.35 bits per heavy atom. The van der Waals surface area contributed by atoms with Crippen LogP contribution in [0, 0.1) is 5.92 Å². The highest BCUT2D eigenvalue weighted by atomic mass is 19.1. The molecular weight excluding hydrogens is 443 g/mol.